The van der Waals surface area contributed by atoms with Gasteiger partial charge in [-0.1, -0.05) is 133 Å². The number of rotatable bonds is 6. The minimum absolute atomic E-state index is 0.865. The van der Waals surface area contributed by atoms with Gasteiger partial charge in [-0.2, -0.15) is 0 Å². The third-order valence-electron chi connectivity index (χ3n) is 9.97. The van der Waals surface area contributed by atoms with Gasteiger partial charge in [0.2, 0.25) is 0 Å². The predicted octanol–water partition coefficient (Wildman–Crippen LogP) is 13.5. The molecule has 240 valence electrons. The number of aromatic nitrogens is 1. The van der Waals surface area contributed by atoms with Crippen molar-refractivity contribution < 1.29 is 4.42 Å². The van der Waals surface area contributed by atoms with Gasteiger partial charge < -0.3 is 13.9 Å². The van der Waals surface area contributed by atoms with E-state index in [2.05, 4.69) is 191 Å². The SMILES string of the molecule is c1ccc(-c2ccccc2N(c2cccc(-c3cccc4c5ccccc5n(-c5ccccc5)c34)c2)c2ccc3c(c2)oc2ccccc23)cc1. The number of hydrogen-bond acceptors (Lipinski definition) is 2. The number of anilines is 3. The lowest BCUT2D eigenvalue weighted by molar-refractivity contribution is 0.669. The summed E-state index contributed by atoms with van der Waals surface area (Å²) < 4.78 is 8.83. The van der Waals surface area contributed by atoms with E-state index in [0.29, 0.717) is 0 Å². The molecule has 0 radical (unpaired) electrons. The molecule has 0 amide bonds. The van der Waals surface area contributed by atoms with Crippen LogP contribution in [0.5, 0.6) is 0 Å². The third-order valence-corrected chi connectivity index (χ3v) is 9.97. The second-order valence-corrected chi connectivity index (χ2v) is 12.9. The molecule has 0 aliphatic heterocycles. The number of nitrogens with zero attached hydrogens (tertiary/aromatic N) is 2. The van der Waals surface area contributed by atoms with Gasteiger partial charge in [-0.15, -0.1) is 0 Å². The molecule has 51 heavy (non-hydrogen) atoms. The Kier molecular flexibility index (Phi) is 6.81. The zero-order valence-electron chi connectivity index (χ0n) is 27.8. The molecule has 0 spiro atoms. The molecule has 0 unspecified atom stereocenters. The zero-order chi connectivity index (χ0) is 33.7. The van der Waals surface area contributed by atoms with E-state index in [-0.39, 0.29) is 0 Å². The Hall–Kier alpha value is -6.84. The molecule has 0 fully saturated rings. The smallest absolute Gasteiger partial charge is 0.137 e. The van der Waals surface area contributed by atoms with Gasteiger partial charge in [-0.25, -0.2) is 0 Å². The average molecular weight is 653 g/mol. The van der Waals surface area contributed by atoms with E-state index in [1.54, 1.807) is 0 Å². The summed E-state index contributed by atoms with van der Waals surface area (Å²) in [5.41, 5.74) is 13.1. The topological polar surface area (TPSA) is 21.3 Å². The minimum Gasteiger partial charge on any atom is -0.456 e. The molecule has 0 saturated carbocycles. The van der Waals surface area contributed by atoms with Gasteiger partial charge in [-0.3, -0.25) is 0 Å². The Balaban J connectivity index is 1.22. The molecule has 0 aliphatic carbocycles. The van der Waals surface area contributed by atoms with E-state index >= 15 is 0 Å². The summed E-state index contributed by atoms with van der Waals surface area (Å²) >= 11 is 0. The lowest BCUT2D eigenvalue weighted by atomic mass is 9.99. The fraction of sp³-hybridized carbons (Fsp3) is 0. The Bertz CT molecular complexity index is 2860. The third kappa shape index (κ3) is 4.82. The number of fused-ring (bicyclic) bond motifs is 6. The molecular formula is C48H32N2O. The Morgan fingerprint density at radius 2 is 1.02 bits per heavy atom. The quantitative estimate of drug-likeness (QED) is 0.178. The van der Waals surface area contributed by atoms with Gasteiger partial charge in [0.05, 0.1) is 16.7 Å². The highest BCUT2D eigenvalue weighted by atomic mass is 16.3. The summed E-state index contributed by atoms with van der Waals surface area (Å²) in [7, 11) is 0. The summed E-state index contributed by atoms with van der Waals surface area (Å²) in [5, 5.41) is 4.71. The van der Waals surface area contributed by atoms with Crippen molar-refractivity contribution in [3.05, 3.63) is 194 Å². The molecule has 0 aliphatic rings. The van der Waals surface area contributed by atoms with Crippen LogP contribution < -0.4 is 4.90 Å². The van der Waals surface area contributed by atoms with Crippen LogP contribution in [0.4, 0.5) is 17.1 Å². The van der Waals surface area contributed by atoms with Crippen LogP contribution in [-0.2, 0) is 0 Å². The molecule has 0 atom stereocenters. The maximum atomic E-state index is 6.43. The molecule has 8 aromatic carbocycles. The molecule has 10 rings (SSSR count). The van der Waals surface area contributed by atoms with Gasteiger partial charge in [0.1, 0.15) is 11.2 Å². The van der Waals surface area contributed by atoms with Crippen LogP contribution in [0.15, 0.2) is 199 Å². The summed E-state index contributed by atoms with van der Waals surface area (Å²) in [5.74, 6) is 0. The van der Waals surface area contributed by atoms with E-state index < -0.39 is 0 Å². The Morgan fingerprint density at radius 1 is 0.392 bits per heavy atom. The van der Waals surface area contributed by atoms with Gasteiger partial charge >= 0.3 is 0 Å². The highest BCUT2D eigenvalue weighted by molar-refractivity contribution is 6.14. The summed E-state index contributed by atoms with van der Waals surface area (Å²) in [6.45, 7) is 0. The predicted molar refractivity (Wildman–Crippen MR) is 214 cm³/mol. The summed E-state index contributed by atoms with van der Waals surface area (Å²) in [6.07, 6.45) is 0. The number of benzene rings is 8. The molecule has 3 heteroatoms. The van der Waals surface area contributed by atoms with Crippen molar-refractivity contribution in [2.45, 2.75) is 0 Å². The number of furan rings is 1. The van der Waals surface area contributed by atoms with Crippen LogP contribution in [0, 0.1) is 0 Å². The van der Waals surface area contributed by atoms with E-state index in [1.807, 2.05) is 12.1 Å². The first kappa shape index (κ1) is 29.1. The first-order valence-electron chi connectivity index (χ1n) is 17.4. The van der Waals surface area contributed by atoms with Crippen molar-refractivity contribution >= 4 is 60.8 Å². The maximum Gasteiger partial charge on any atom is 0.137 e. The Labute approximate surface area is 295 Å². The van der Waals surface area contributed by atoms with Crippen molar-refractivity contribution in [2.75, 3.05) is 4.90 Å². The maximum absolute atomic E-state index is 6.43. The minimum atomic E-state index is 0.865. The average Bonchev–Trinajstić information content (AvgIpc) is 3.75. The first-order chi connectivity index (χ1) is 25.3. The van der Waals surface area contributed by atoms with Crippen LogP contribution in [-0.4, -0.2) is 4.57 Å². The van der Waals surface area contributed by atoms with Crippen molar-refractivity contribution in [2.24, 2.45) is 0 Å². The standard InChI is InChI=1S/C48H32N2O/c1-3-15-33(16-4-1)38-21-7-10-26-44(38)49(37-29-30-42-41-23-9-12-28-46(41)51-47(42)32-37)36-20-13-17-34(31-36)39-24-14-25-43-40-22-8-11-27-45(40)50(48(39)43)35-18-5-2-6-19-35/h1-32H. The molecule has 2 heterocycles. The lowest BCUT2D eigenvalue weighted by Gasteiger charge is -2.28. The second-order valence-electron chi connectivity index (χ2n) is 12.9. The van der Waals surface area contributed by atoms with Crippen molar-refractivity contribution in [3.63, 3.8) is 0 Å². The van der Waals surface area contributed by atoms with E-state index in [4.69, 9.17) is 4.42 Å². The van der Waals surface area contributed by atoms with E-state index in [1.165, 1.54) is 27.4 Å². The van der Waals surface area contributed by atoms with Crippen LogP contribution in [0.3, 0.4) is 0 Å². The lowest BCUT2D eigenvalue weighted by Crippen LogP contribution is -2.11. The second kappa shape index (κ2) is 11.9. The normalized spacial score (nSPS) is 11.5. The molecule has 2 aromatic heterocycles. The molecule has 0 N–H and O–H groups in total. The van der Waals surface area contributed by atoms with Crippen molar-refractivity contribution in [1.82, 2.24) is 4.57 Å². The van der Waals surface area contributed by atoms with Crippen molar-refractivity contribution in [3.8, 4) is 27.9 Å². The first-order valence-corrected chi connectivity index (χ1v) is 17.4. The highest BCUT2D eigenvalue weighted by Crippen LogP contribution is 2.45. The largest absolute Gasteiger partial charge is 0.456 e. The molecular weight excluding hydrogens is 621 g/mol. The van der Waals surface area contributed by atoms with Crippen LogP contribution in [0.2, 0.25) is 0 Å². The van der Waals surface area contributed by atoms with Gasteiger partial charge in [0, 0.05) is 55.8 Å². The van der Waals surface area contributed by atoms with Gasteiger partial charge in [0.15, 0.2) is 0 Å². The van der Waals surface area contributed by atoms with Gasteiger partial charge in [-0.05, 0) is 65.7 Å². The molecule has 0 bridgehead atoms. The Morgan fingerprint density at radius 3 is 1.90 bits per heavy atom. The van der Waals surface area contributed by atoms with Crippen LogP contribution in [0.1, 0.15) is 0 Å². The van der Waals surface area contributed by atoms with E-state index in [9.17, 15) is 0 Å². The monoisotopic (exact) mass is 652 g/mol. The van der Waals surface area contributed by atoms with Crippen molar-refractivity contribution in [1.29, 1.82) is 0 Å². The molecule has 0 saturated heterocycles. The van der Waals surface area contributed by atoms with E-state index in [0.717, 1.165) is 61.4 Å². The number of para-hydroxylation sites is 5. The van der Waals surface area contributed by atoms with Crippen LogP contribution >= 0.6 is 0 Å². The summed E-state index contributed by atoms with van der Waals surface area (Å²) in [4.78, 5) is 2.37. The van der Waals surface area contributed by atoms with Crippen LogP contribution in [0.25, 0.3) is 71.7 Å². The fourth-order valence-electron chi connectivity index (χ4n) is 7.72. The molecule has 3 nitrogen and oxygen atoms in total. The summed E-state index contributed by atoms with van der Waals surface area (Å²) in [6, 6.07) is 69.1. The fourth-order valence-corrected chi connectivity index (χ4v) is 7.72. The highest BCUT2D eigenvalue weighted by Gasteiger charge is 2.21. The zero-order valence-corrected chi connectivity index (χ0v) is 27.8. The van der Waals surface area contributed by atoms with Gasteiger partial charge in [0.25, 0.3) is 0 Å². The molecule has 10 aromatic rings. The number of hydrogen-bond donors (Lipinski definition) is 0.